The van der Waals surface area contributed by atoms with Gasteiger partial charge in [0.15, 0.2) is 0 Å². The van der Waals surface area contributed by atoms with Gasteiger partial charge in [-0.3, -0.25) is 10.2 Å². The van der Waals surface area contributed by atoms with Gasteiger partial charge in [-0.05, 0) is 41.3 Å². The number of rotatable bonds is 6. The Hall–Kier alpha value is -3.76. The van der Waals surface area contributed by atoms with Crippen molar-refractivity contribution in [3.8, 4) is 5.69 Å². The molecule has 4 rings (SSSR count). The molecule has 12 heteroatoms. The number of hydrogen-bond donors (Lipinski definition) is 2. The number of ether oxygens (including phenoxy) is 2. The summed E-state index contributed by atoms with van der Waals surface area (Å²) in [4.78, 5) is 40.0. The van der Waals surface area contributed by atoms with Gasteiger partial charge in [-0.2, -0.15) is 5.10 Å². The first-order valence-electron chi connectivity index (χ1n) is 13.5. The molecule has 2 N–H and O–H groups in total. The summed E-state index contributed by atoms with van der Waals surface area (Å²) in [5.41, 5.74) is 3.18. The number of anilines is 2. The van der Waals surface area contributed by atoms with Crippen molar-refractivity contribution in [1.29, 1.82) is 0 Å². The van der Waals surface area contributed by atoms with E-state index in [9.17, 15) is 14.4 Å². The fraction of sp³-hybridized carbons (Fsp3) is 0.400. The Labute approximate surface area is 255 Å². The molecule has 0 saturated heterocycles. The number of fused-ring (bicyclic) bond motifs is 1. The van der Waals surface area contributed by atoms with Crippen LogP contribution in [0.4, 0.5) is 21.1 Å². The van der Waals surface area contributed by atoms with Crippen LogP contribution in [0.5, 0.6) is 0 Å². The van der Waals surface area contributed by atoms with Gasteiger partial charge in [-0.15, -0.1) is 0 Å². The number of carbonyl (C=O) groups excluding carboxylic acids is 3. The van der Waals surface area contributed by atoms with Crippen LogP contribution in [0.1, 0.15) is 51.4 Å². The maximum absolute atomic E-state index is 13.0. The molecule has 1 aliphatic rings. The molecular formula is C30H35Cl2N5O5. The summed E-state index contributed by atoms with van der Waals surface area (Å²) >= 11 is 12.3. The van der Waals surface area contributed by atoms with Crippen LogP contribution in [0.3, 0.4) is 0 Å². The zero-order valence-corrected chi connectivity index (χ0v) is 26.0. The zero-order valence-electron chi connectivity index (χ0n) is 24.5. The Balaban J connectivity index is 1.67. The topological polar surface area (TPSA) is 115 Å². The van der Waals surface area contributed by atoms with Gasteiger partial charge in [0.2, 0.25) is 0 Å². The largest absolute Gasteiger partial charge is 0.467 e. The Kier molecular flexibility index (Phi) is 9.37. The number of aromatic nitrogens is 2. The molecule has 2 aromatic carbocycles. The highest BCUT2D eigenvalue weighted by Gasteiger charge is 2.37. The predicted octanol–water partition coefficient (Wildman–Crippen LogP) is 6.81. The number of hydrogen-bond acceptors (Lipinski definition) is 6. The van der Waals surface area contributed by atoms with Crippen LogP contribution in [-0.2, 0) is 32.6 Å². The van der Waals surface area contributed by atoms with Crippen molar-refractivity contribution >= 4 is 52.8 Å². The smallest absolute Gasteiger partial charge is 0.410 e. The first kappa shape index (κ1) is 31.2. The molecule has 10 nitrogen and oxygen atoms in total. The van der Waals surface area contributed by atoms with Crippen molar-refractivity contribution in [3.63, 3.8) is 0 Å². The number of carbonyl (C=O) groups is 3. The van der Waals surface area contributed by atoms with E-state index in [0.29, 0.717) is 22.2 Å². The molecule has 1 atom stereocenters. The van der Waals surface area contributed by atoms with Crippen molar-refractivity contribution < 1.29 is 23.9 Å². The predicted molar refractivity (Wildman–Crippen MR) is 163 cm³/mol. The average molecular weight is 617 g/mol. The lowest BCUT2D eigenvalue weighted by Gasteiger charge is -2.34. The molecule has 0 saturated carbocycles. The fourth-order valence-electron chi connectivity index (χ4n) is 4.47. The SMILES string of the molecule is COC(=O)C1Cc2ccc(-n3nc(C(C)(C)C)cc3NC(=O)Nc3cccc(Cl)c3Cl)cc2CN1C(=O)OCC(C)C. The minimum absolute atomic E-state index is 0.143. The maximum atomic E-state index is 13.0. The Bertz CT molecular complexity index is 1500. The van der Waals surface area contributed by atoms with Crippen molar-refractivity contribution in [2.45, 2.75) is 59.0 Å². The molecule has 1 unspecified atom stereocenters. The number of methoxy groups -OCH3 is 1. The first-order valence-corrected chi connectivity index (χ1v) is 14.3. The minimum Gasteiger partial charge on any atom is -0.467 e. The third kappa shape index (κ3) is 6.99. The Morgan fingerprint density at radius 2 is 1.81 bits per heavy atom. The van der Waals surface area contributed by atoms with Crippen LogP contribution < -0.4 is 10.6 Å². The van der Waals surface area contributed by atoms with Gasteiger partial charge < -0.3 is 14.8 Å². The molecule has 3 amide bonds. The molecule has 0 aliphatic carbocycles. The Morgan fingerprint density at radius 1 is 1.07 bits per heavy atom. The van der Waals surface area contributed by atoms with E-state index in [4.69, 9.17) is 37.8 Å². The van der Waals surface area contributed by atoms with E-state index in [0.717, 1.165) is 16.8 Å². The summed E-state index contributed by atoms with van der Waals surface area (Å²) in [5.74, 6) is 0.0569. The number of nitrogens with one attached hydrogen (secondary N) is 2. The maximum Gasteiger partial charge on any atom is 0.410 e. The monoisotopic (exact) mass is 615 g/mol. The van der Waals surface area contributed by atoms with Crippen LogP contribution in [0.2, 0.25) is 10.0 Å². The van der Waals surface area contributed by atoms with Crippen LogP contribution in [-0.4, -0.2) is 52.5 Å². The third-order valence-corrected chi connectivity index (χ3v) is 7.55. The van der Waals surface area contributed by atoms with Gasteiger partial charge in [-0.1, -0.05) is 70.0 Å². The van der Waals surface area contributed by atoms with E-state index in [-0.39, 0.29) is 35.9 Å². The first-order chi connectivity index (χ1) is 19.8. The molecule has 3 aromatic rings. The molecule has 42 heavy (non-hydrogen) atoms. The highest BCUT2D eigenvalue weighted by atomic mass is 35.5. The minimum atomic E-state index is -0.801. The molecule has 0 fully saturated rings. The van der Waals surface area contributed by atoms with E-state index in [1.165, 1.54) is 12.0 Å². The molecule has 0 bridgehead atoms. The van der Waals surface area contributed by atoms with Crippen molar-refractivity contribution in [2.24, 2.45) is 5.92 Å². The molecule has 0 radical (unpaired) electrons. The van der Waals surface area contributed by atoms with Crippen molar-refractivity contribution in [1.82, 2.24) is 14.7 Å². The van der Waals surface area contributed by atoms with E-state index < -0.39 is 24.1 Å². The number of halogens is 2. The molecule has 1 aromatic heterocycles. The lowest BCUT2D eigenvalue weighted by molar-refractivity contribution is -0.147. The summed E-state index contributed by atoms with van der Waals surface area (Å²) in [6.07, 6.45) is -0.303. The lowest BCUT2D eigenvalue weighted by atomic mass is 9.92. The number of nitrogens with zero attached hydrogens (tertiary/aromatic N) is 3. The normalized spacial score (nSPS) is 14.8. The Morgan fingerprint density at radius 3 is 2.48 bits per heavy atom. The highest BCUT2D eigenvalue weighted by molar-refractivity contribution is 6.44. The summed E-state index contributed by atoms with van der Waals surface area (Å²) < 4.78 is 12.1. The summed E-state index contributed by atoms with van der Waals surface area (Å²) in [6, 6.07) is 11.1. The van der Waals surface area contributed by atoms with Crippen LogP contribution in [0.25, 0.3) is 5.69 Å². The number of amides is 3. The van der Waals surface area contributed by atoms with E-state index in [1.807, 2.05) is 58.9 Å². The molecule has 1 aliphatic heterocycles. The molecule has 2 heterocycles. The van der Waals surface area contributed by atoms with Gasteiger partial charge in [0.1, 0.15) is 11.9 Å². The average Bonchev–Trinajstić information content (AvgIpc) is 3.37. The molecule has 0 spiro atoms. The van der Waals surface area contributed by atoms with Crippen LogP contribution in [0, 0.1) is 5.92 Å². The number of esters is 1. The second-order valence-corrected chi connectivity index (χ2v) is 12.3. The standard InChI is InChI=1S/C30H35Cl2N5O5/c1-17(2)16-42-29(40)36-15-19-12-20(11-10-18(19)13-23(36)27(38)41-6)37-25(14-24(35-37)30(3,4)5)34-28(39)33-22-9-7-8-21(31)26(22)32/h7-12,14,17,23H,13,15-16H2,1-6H3,(H2,33,34,39). The fourth-order valence-corrected chi connectivity index (χ4v) is 4.81. The quantitative estimate of drug-likeness (QED) is 0.294. The second-order valence-electron chi connectivity index (χ2n) is 11.6. The van der Waals surface area contributed by atoms with Crippen LogP contribution in [0.15, 0.2) is 42.5 Å². The van der Waals surface area contributed by atoms with E-state index in [1.54, 1.807) is 22.9 Å². The van der Waals surface area contributed by atoms with Gasteiger partial charge in [-0.25, -0.2) is 19.1 Å². The molecule has 224 valence electrons. The highest BCUT2D eigenvalue weighted by Crippen LogP contribution is 2.32. The summed E-state index contributed by atoms with van der Waals surface area (Å²) in [5, 5.41) is 10.9. The van der Waals surface area contributed by atoms with E-state index >= 15 is 0 Å². The lowest BCUT2D eigenvalue weighted by Crippen LogP contribution is -2.49. The second kappa shape index (κ2) is 12.6. The summed E-state index contributed by atoms with van der Waals surface area (Å²) in [6.45, 7) is 10.3. The van der Waals surface area contributed by atoms with Gasteiger partial charge in [0, 0.05) is 17.9 Å². The number of benzene rings is 2. The van der Waals surface area contributed by atoms with Crippen molar-refractivity contribution in [2.75, 3.05) is 24.4 Å². The van der Waals surface area contributed by atoms with E-state index in [2.05, 4.69) is 10.6 Å². The van der Waals surface area contributed by atoms with Crippen molar-refractivity contribution in [3.05, 3.63) is 69.3 Å². The number of urea groups is 1. The molecular weight excluding hydrogens is 581 g/mol. The van der Waals surface area contributed by atoms with Crippen LogP contribution >= 0.6 is 23.2 Å². The van der Waals surface area contributed by atoms with Gasteiger partial charge in [0.25, 0.3) is 0 Å². The zero-order chi connectivity index (χ0) is 30.8. The van der Waals surface area contributed by atoms with Gasteiger partial charge in [0.05, 0.1) is 47.4 Å². The van der Waals surface area contributed by atoms with Gasteiger partial charge >= 0.3 is 18.1 Å². The summed E-state index contributed by atoms with van der Waals surface area (Å²) in [7, 11) is 1.30. The third-order valence-electron chi connectivity index (χ3n) is 6.73.